The van der Waals surface area contributed by atoms with Crippen molar-refractivity contribution < 1.29 is 9.90 Å². The number of ketones is 1. The second-order valence-corrected chi connectivity index (χ2v) is 2.78. The van der Waals surface area contributed by atoms with Crippen molar-refractivity contribution in [3.63, 3.8) is 0 Å². The van der Waals surface area contributed by atoms with E-state index in [0.29, 0.717) is 12.8 Å². The van der Waals surface area contributed by atoms with Gasteiger partial charge in [-0.15, -0.1) is 0 Å². The summed E-state index contributed by atoms with van der Waals surface area (Å²) in [6.45, 7) is 7.10. The molecule has 0 aliphatic carbocycles. The van der Waals surface area contributed by atoms with Crippen molar-refractivity contribution in [2.45, 2.75) is 38.7 Å². The lowest BCUT2D eigenvalue weighted by molar-refractivity contribution is -0.119. The summed E-state index contributed by atoms with van der Waals surface area (Å²) in [5.74, 6) is -0.0869. The van der Waals surface area contributed by atoms with Gasteiger partial charge in [0.25, 0.3) is 0 Å². The summed E-state index contributed by atoms with van der Waals surface area (Å²) in [4.78, 5) is 10.9. The predicted molar refractivity (Wildman–Crippen MR) is 45.4 cm³/mol. The summed E-state index contributed by atoms with van der Waals surface area (Å²) < 4.78 is 0. The summed E-state index contributed by atoms with van der Waals surface area (Å²) >= 11 is 0. The first-order valence-electron chi connectivity index (χ1n) is 3.95. The zero-order valence-corrected chi connectivity index (χ0v) is 7.26. The van der Waals surface area contributed by atoms with E-state index in [1.165, 1.54) is 6.08 Å². The van der Waals surface area contributed by atoms with Crippen LogP contribution in [0.1, 0.15) is 33.1 Å². The quantitative estimate of drug-likeness (QED) is 0.615. The molecule has 2 heteroatoms. The first-order valence-corrected chi connectivity index (χ1v) is 3.95. The molecule has 0 aromatic carbocycles. The van der Waals surface area contributed by atoms with Crippen molar-refractivity contribution in [3.05, 3.63) is 12.7 Å². The van der Waals surface area contributed by atoms with Crippen LogP contribution in [0.15, 0.2) is 12.7 Å². The third-order valence-electron chi connectivity index (χ3n) is 2.05. The lowest BCUT2D eigenvalue weighted by Crippen LogP contribution is -2.29. The van der Waals surface area contributed by atoms with E-state index >= 15 is 0 Å². The maximum atomic E-state index is 10.9. The first kappa shape index (κ1) is 10.4. The Hall–Kier alpha value is -0.630. The van der Waals surface area contributed by atoms with E-state index in [-0.39, 0.29) is 12.2 Å². The molecule has 0 saturated heterocycles. The van der Waals surface area contributed by atoms with E-state index in [1.807, 2.05) is 13.8 Å². The molecule has 2 nitrogen and oxygen atoms in total. The molecule has 0 fully saturated rings. The number of aliphatic hydroxyl groups is 1. The van der Waals surface area contributed by atoms with Gasteiger partial charge in [-0.05, 0) is 18.9 Å². The molecule has 0 unspecified atom stereocenters. The van der Waals surface area contributed by atoms with E-state index in [1.54, 1.807) is 0 Å². The van der Waals surface area contributed by atoms with Crippen LogP contribution in [0.5, 0.6) is 0 Å². The highest BCUT2D eigenvalue weighted by Gasteiger charge is 2.24. The highest BCUT2D eigenvalue weighted by atomic mass is 16.3. The van der Waals surface area contributed by atoms with Gasteiger partial charge in [-0.1, -0.05) is 20.4 Å². The van der Waals surface area contributed by atoms with Crippen LogP contribution in [0.4, 0.5) is 0 Å². The molecule has 11 heavy (non-hydrogen) atoms. The van der Waals surface area contributed by atoms with Crippen LogP contribution in [0.3, 0.4) is 0 Å². The van der Waals surface area contributed by atoms with Crippen LogP contribution >= 0.6 is 0 Å². The number of carbonyl (C=O) groups is 1. The second kappa shape index (κ2) is 4.29. The molecule has 0 atom stereocenters. The zero-order chi connectivity index (χ0) is 8.91. The number of hydrogen-bond acceptors (Lipinski definition) is 2. The van der Waals surface area contributed by atoms with Crippen molar-refractivity contribution in [2.75, 3.05) is 0 Å². The standard InChI is InChI=1S/C9H16O2/c1-4-8(10)7-9(11,5-2)6-3/h4,11H,1,5-7H2,2-3H3. The lowest BCUT2D eigenvalue weighted by Gasteiger charge is -2.23. The molecule has 1 N–H and O–H groups in total. The van der Waals surface area contributed by atoms with E-state index in [2.05, 4.69) is 6.58 Å². The Morgan fingerprint density at radius 1 is 1.55 bits per heavy atom. The number of carbonyl (C=O) groups excluding carboxylic acids is 1. The Morgan fingerprint density at radius 3 is 2.27 bits per heavy atom. The molecule has 0 aliphatic heterocycles. The molecule has 0 aromatic heterocycles. The maximum Gasteiger partial charge on any atom is 0.157 e. The fourth-order valence-corrected chi connectivity index (χ4v) is 0.896. The van der Waals surface area contributed by atoms with Gasteiger partial charge in [-0.3, -0.25) is 4.79 Å². The smallest absolute Gasteiger partial charge is 0.157 e. The largest absolute Gasteiger partial charge is 0.389 e. The minimum atomic E-state index is -0.814. The lowest BCUT2D eigenvalue weighted by atomic mass is 9.91. The normalized spacial score (nSPS) is 11.2. The third kappa shape index (κ3) is 3.33. The molecule has 0 spiro atoms. The predicted octanol–water partition coefficient (Wildman–Crippen LogP) is 1.68. The van der Waals surface area contributed by atoms with Gasteiger partial charge in [0, 0.05) is 6.42 Å². The zero-order valence-electron chi connectivity index (χ0n) is 7.26. The molecule has 0 radical (unpaired) electrons. The van der Waals surface area contributed by atoms with Crippen molar-refractivity contribution >= 4 is 5.78 Å². The van der Waals surface area contributed by atoms with E-state index in [9.17, 15) is 9.90 Å². The Morgan fingerprint density at radius 2 is 2.00 bits per heavy atom. The van der Waals surface area contributed by atoms with E-state index in [4.69, 9.17) is 0 Å². The summed E-state index contributed by atoms with van der Waals surface area (Å²) in [5.41, 5.74) is -0.814. The molecule has 0 amide bonds. The van der Waals surface area contributed by atoms with Gasteiger partial charge in [0.05, 0.1) is 5.60 Å². The molecular weight excluding hydrogens is 140 g/mol. The van der Waals surface area contributed by atoms with Crippen molar-refractivity contribution in [3.8, 4) is 0 Å². The molecule has 0 heterocycles. The molecular formula is C9H16O2. The maximum absolute atomic E-state index is 10.9. The molecule has 64 valence electrons. The topological polar surface area (TPSA) is 37.3 Å². The summed E-state index contributed by atoms with van der Waals surface area (Å²) in [6.07, 6.45) is 2.69. The van der Waals surface area contributed by atoms with E-state index in [0.717, 1.165) is 0 Å². The highest BCUT2D eigenvalue weighted by molar-refractivity contribution is 5.89. The van der Waals surface area contributed by atoms with Crippen molar-refractivity contribution in [1.82, 2.24) is 0 Å². The van der Waals surface area contributed by atoms with Crippen LogP contribution in [0.2, 0.25) is 0 Å². The van der Waals surface area contributed by atoms with Crippen LogP contribution in [-0.4, -0.2) is 16.5 Å². The second-order valence-electron chi connectivity index (χ2n) is 2.78. The van der Waals surface area contributed by atoms with E-state index < -0.39 is 5.60 Å². The monoisotopic (exact) mass is 156 g/mol. The van der Waals surface area contributed by atoms with Crippen molar-refractivity contribution in [1.29, 1.82) is 0 Å². The molecule has 0 bridgehead atoms. The van der Waals surface area contributed by atoms with Gasteiger partial charge in [-0.2, -0.15) is 0 Å². The Balaban J connectivity index is 4.06. The SMILES string of the molecule is C=CC(=O)CC(O)(CC)CC. The Bertz CT molecular complexity index is 146. The molecule has 0 rings (SSSR count). The molecule has 0 saturated carbocycles. The van der Waals surface area contributed by atoms with Gasteiger partial charge in [-0.25, -0.2) is 0 Å². The average molecular weight is 156 g/mol. The number of allylic oxidation sites excluding steroid dienone is 1. The van der Waals surface area contributed by atoms with Crippen LogP contribution in [0, 0.1) is 0 Å². The molecule has 0 aromatic rings. The minimum Gasteiger partial charge on any atom is -0.389 e. The Labute approximate surface area is 67.9 Å². The summed E-state index contributed by atoms with van der Waals surface area (Å²) in [6, 6.07) is 0. The number of hydrogen-bond donors (Lipinski definition) is 1. The van der Waals surface area contributed by atoms with Crippen LogP contribution in [0.25, 0.3) is 0 Å². The first-order chi connectivity index (χ1) is 5.08. The van der Waals surface area contributed by atoms with Gasteiger partial charge in [0.1, 0.15) is 0 Å². The van der Waals surface area contributed by atoms with Gasteiger partial charge in [0.2, 0.25) is 0 Å². The number of rotatable bonds is 5. The van der Waals surface area contributed by atoms with Gasteiger partial charge >= 0.3 is 0 Å². The van der Waals surface area contributed by atoms with Crippen LogP contribution in [-0.2, 0) is 4.79 Å². The average Bonchev–Trinajstić information content (AvgIpc) is 2.04. The highest BCUT2D eigenvalue weighted by Crippen LogP contribution is 2.19. The van der Waals surface area contributed by atoms with Gasteiger partial charge in [0.15, 0.2) is 5.78 Å². The van der Waals surface area contributed by atoms with Gasteiger partial charge < -0.3 is 5.11 Å². The summed E-state index contributed by atoms with van der Waals surface area (Å²) in [7, 11) is 0. The fraction of sp³-hybridized carbons (Fsp3) is 0.667. The van der Waals surface area contributed by atoms with Crippen molar-refractivity contribution in [2.24, 2.45) is 0 Å². The minimum absolute atomic E-state index is 0.0869. The molecule has 0 aliphatic rings. The third-order valence-corrected chi connectivity index (χ3v) is 2.05. The summed E-state index contributed by atoms with van der Waals surface area (Å²) in [5, 5.41) is 9.66. The van der Waals surface area contributed by atoms with Crippen LogP contribution < -0.4 is 0 Å². The fourth-order valence-electron chi connectivity index (χ4n) is 0.896. The Kier molecular flexibility index (Phi) is 4.04.